The summed E-state index contributed by atoms with van der Waals surface area (Å²) in [4.78, 5) is 24.6. The smallest absolute Gasteiger partial charge is 0.253 e. The molecule has 0 spiro atoms. The lowest BCUT2D eigenvalue weighted by Crippen LogP contribution is -2.36. The average molecular weight is 388 g/mol. The molecule has 7 heteroatoms. The van der Waals surface area contributed by atoms with Gasteiger partial charge in [-0.3, -0.25) is 9.59 Å². The fraction of sp³-hybridized carbons (Fsp3) is 0.556. The summed E-state index contributed by atoms with van der Waals surface area (Å²) < 4.78 is 0. The molecule has 2 rings (SSSR count). The highest BCUT2D eigenvalue weighted by atomic mass is 35.5. The average Bonchev–Trinajstić information content (AvgIpc) is 2.57. The van der Waals surface area contributed by atoms with Crippen molar-refractivity contribution < 1.29 is 9.59 Å². The van der Waals surface area contributed by atoms with Gasteiger partial charge in [-0.05, 0) is 38.1 Å². The van der Waals surface area contributed by atoms with Gasteiger partial charge in [0, 0.05) is 24.2 Å². The van der Waals surface area contributed by atoms with Crippen LogP contribution < -0.4 is 16.0 Å². The third-order valence-corrected chi connectivity index (χ3v) is 4.71. The van der Waals surface area contributed by atoms with Gasteiger partial charge in [0.15, 0.2) is 0 Å². The van der Waals surface area contributed by atoms with Gasteiger partial charge in [-0.2, -0.15) is 0 Å². The second-order valence-electron chi connectivity index (χ2n) is 6.45. The van der Waals surface area contributed by atoms with Crippen LogP contribution in [0, 0.1) is 5.92 Å². The highest BCUT2D eigenvalue weighted by molar-refractivity contribution is 6.34. The lowest BCUT2D eigenvalue weighted by molar-refractivity contribution is -0.119. The zero-order chi connectivity index (χ0) is 17.5. The number of anilines is 1. The van der Waals surface area contributed by atoms with Crippen molar-refractivity contribution in [2.24, 2.45) is 5.92 Å². The Morgan fingerprint density at radius 2 is 1.92 bits per heavy atom. The van der Waals surface area contributed by atoms with Crippen molar-refractivity contribution in [2.75, 3.05) is 18.9 Å². The predicted octanol–water partition coefficient (Wildman–Crippen LogP) is 3.62. The number of rotatable bonds is 6. The fourth-order valence-electron chi connectivity index (χ4n) is 2.95. The quantitative estimate of drug-likeness (QED) is 0.697. The van der Waals surface area contributed by atoms with Crippen molar-refractivity contribution in [3.8, 4) is 0 Å². The van der Waals surface area contributed by atoms with E-state index in [0.717, 1.165) is 25.7 Å². The van der Waals surface area contributed by atoms with Gasteiger partial charge >= 0.3 is 0 Å². The van der Waals surface area contributed by atoms with Crippen molar-refractivity contribution in [1.82, 2.24) is 10.6 Å². The molecule has 0 bridgehead atoms. The number of carbonyl (C=O) groups is 2. The lowest BCUT2D eigenvalue weighted by atomic mass is 9.95. The summed E-state index contributed by atoms with van der Waals surface area (Å²) in [7, 11) is 1.81. The van der Waals surface area contributed by atoms with Crippen molar-refractivity contribution in [1.29, 1.82) is 0 Å². The Labute approximate surface area is 160 Å². The number of halogens is 2. The fourth-order valence-corrected chi connectivity index (χ4v) is 3.15. The van der Waals surface area contributed by atoms with Crippen molar-refractivity contribution in [3.63, 3.8) is 0 Å². The third kappa shape index (κ3) is 6.49. The van der Waals surface area contributed by atoms with E-state index >= 15 is 0 Å². The number of carbonyl (C=O) groups excluding carboxylic acids is 2. The lowest BCUT2D eigenvalue weighted by Gasteiger charge is -2.23. The molecule has 0 saturated heterocycles. The molecule has 1 aromatic rings. The van der Waals surface area contributed by atoms with E-state index in [1.807, 2.05) is 6.92 Å². The normalized spacial score (nSPS) is 15.8. The van der Waals surface area contributed by atoms with Gasteiger partial charge in [0.25, 0.3) is 5.91 Å². The van der Waals surface area contributed by atoms with E-state index < -0.39 is 0 Å². The van der Waals surface area contributed by atoms with Crippen molar-refractivity contribution in [3.05, 3.63) is 28.8 Å². The van der Waals surface area contributed by atoms with Gasteiger partial charge in [-0.1, -0.05) is 37.8 Å². The van der Waals surface area contributed by atoms with E-state index in [4.69, 9.17) is 11.6 Å². The Morgan fingerprint density at radius 1 is 1.24 bits per heavy atom. The molecule has 3 N–H and O–H groups in total. The minimum absolute atomic E-state index is 0. The maximum absolute atomic E-state index is 12.5. The summed E-state index contributed by atoms with van der Waals surface area (Å²) in [5.41, 5.74) is 0.988. The molecule has 140 valence electrons. The van der Waals surface area contributed by atoms with Crippen LogP contribution in [0.3, 0.4) is 0 Å². The molecule has 1 aromatic carbocycles. The Hall–Kier alpha value is -1.30. The number of hydrogen-bond donors (Lipinski definition) is 3. The van der Waals surface area contributed by atoms with Crippen LogP contribution in [0.2, 0.25) is 5.02 Å². The Bertz CT molecular complexity index is 590. The van der Waals surface area contributed by atoms with Gasteiger partial charge in [0.05, 0.1) is 10.6 Å². The standard InChI is InChI=1S/C18H26ClN3O2.ClH/c1-12(11-20-2)17(23)22-14-8-9-16(19)15(10-14)18(24)21-13-6-4-3-5-7-13;/h8-10,12-13,20H,3-7,11H2,1-2H3,(H,21,24)(H,22,23);1H. The minimum Gasteiger partial charge on any atom is -0.349 e. The van der Waals surface area contributed by atoms with E-state index in [9.17, 15) is 9.59 Å². The molecule has 1 fully saturated rings. The van der Waals surface area contributed by atoms with Gasteiger partial charge in [-0.15, -0.1) is 12.4 Å². The predicted molar refractivity (Wildman–Crippen MR) is 105 cm³/mol. The number of amides is 2. The molecule has 0 radical (unpaired) electrons. The Kier molecular flexibility index (Phi) is 9.25. The Morgan fingerprint density at radius 3 is 2.56 bits per heavy atom. The number of hydrogen-bond acceptors (Lipinski definition) is 3. The molecule has 1 atom stereocenters. The first kappa shape index (κ1) is 21.7. The minimum atomic E-state index is -0.175. The van der Waals surface area contributed by atoms with E-state index in [1.54, 1.807) is 25.2 Å². The van der Waals surface area contributed by atoms with Gasteiger partial charge in [0.2, 0.25) is 5.91 Å². The molecule has 1 aliphatic rings. The third-order valence-electron chi connectivity index (χ3n) is 4.38. The van der Waals surface area contributed by atoms with Crippen molar-refractivity contribution >= 4 is 41.5 Å². The van der Waals surface area contributed by atoms with E-state index in [-0.39, 0.29) is 36.2 Å². The maximum atomic E-state index is 12.5. The zero-order valence-corrected chi connectivity index (χ0v) is 16.3. The van der Waals surface area contributed by atoms with Crippen molar-refractivity contribution in [2.45, 2.75) is 45.1 Å². The first-order chi connectivity index (χ1) is 11.5. The molecule has 1 unspecified atom stereocenters. The molecular formula is C18H27Cl2N3O2. The second-order valence-corrected chi connectivity index (χ2v) is 6.86. The molecule has 1 saturated carbocycles. The van der Waals surface area contributed by atoms with E-state index in [2.05, 4.69) is 16.0 Å². The summed E-state index contributed by atoms with van der Waals surface area (Å²) in [5.74, 6) is -0.429. The van der Waals surface area contributed by atoms with Gasteiger partial charge in [0.1, 0.15) is 0 Å². The van der Waals surface area contributed by atoms with Crippen LogP contribution in [0.4, 0.5) is 5.69 Å². The summed E-state index contributed by atoms with van der Waals surface area (Å²) in [6.07, 6.45) is 5.57. The molecule has 0 aliphatic heterocycles. The molecule has 5 nitrogen and oxygen atoms in total. The first-order valence-electron chi connectivity index (χ1n) is 8.57. The van der Waals surface area contributed by atoms with E-state index in [1.165, 1.54) is 6.42 Å². The first-order valence-corrected chi connectivity index (χ1v) is 8.95. The maximum Gasteiger partial charge on any atom is 0.253 e. The summed E-state index contributed by atoms with van der Waals surface area (Å²) >= 11 is 6.17. The van der Waals surface area contributed by atoms with Crippen LogP contribution >= 0.6 is 24.0 Å². The van der Waals surface area contributed by atoms with E-state index in [0.29, 0.717) is 22.8 Å². The van der Waals surface area contributed by atoms with Crippen LogP contribution in [0.15, 0.2) is 18.2 Å². The topological polar surface area (TPSA) is 70.2 Å². The van der Waals surface area contributed by atoms with Crippen LogP contribution in [-0.4, -0.2) is 31.4 Å². The highest BCUT2D eigenvalue weighted by Gasteiger charge is 2.19. The Balaban J connectivity index is 0.00000312. The number of benzene rings is 1. The molecular weight excluding hydrogens is 361 g/mol. The molecule has 25 heavy (non-hydrogen) atoms. The largest absolute Gasteiger partial charge is 0.349 e. The van der Waals surface area contributed by atoms with Crippen LogP contribution in [0.1, 0.15) is 49.4 Å². The summed E-state index contributed by atoms with van der Waals surface area (Å²) in [6.45, 7) is 2.44. The number of nitrogens with one attached hydrogen (secondary N) is 3. The molecule has 0 heterocycles. The zero-order valence-electron chi connectivity index (χ0n) is 14.7. The monoisotopic (exact) mass is 387 g/mol. The second kappa shape index (κ2) is 10.6. The van der Waals surface area contributed by atoms with Crippen LogP contribution in [0.25, 0.3) is 0 Å². The van der Waals surface area contributed by atoms with Gasteiger partial charge in [-0.25, -0.2) is 0 Å². The molecule has 1 aliphatic carbocycles. The van der Waals surface area contributed by atoms with Crippen LogP contribution in [-0.2, 0) is 4.79 Å². The molecule has 2 amide bonds. The van der Waals surface area contributed by atoms with Gasteiger partial charge < -0.3 is 16.0 Å². The summed E-state index contributed by atoms with van der Waals surface area (Å²) in [5, 5.41) is 9.25. The molecule has 0 aromatic heterocycles. The highest BCUT2D eigenvalue weighted by Crippen LogP contribution is 2.23. The summed E-state index contributed by atoms with van der Waals surface area (Å²) in [6, 6.07) is 5.22. The SMILES string of the molecule is CNCC(C)C(=O)Nc1ccc(Cl)c(C(=O)NC2CCCCC2)c1.Cl. The van der Waals surface area contributed by atoms with Crippen LogP contribution in [0.5, 0.6) is 0 Å².